The van der Waals surface area contributed by atoms with E-state index in [0.717, 1.165) is 24.0 Å². The molecule has 2 saturated heterocycles. The van der Waals surface area contributed by atoms with Gasteiger partial charge in [0.25, 0.3) is 0 Å². The third kappa shape index (κ3) is 3.18. The second kappa shape index (κ2) is 7.27. The summed E-state index contributed by atoms with van der Waals surface area (Å²) in [5.74, 6) is 0.0891. The van der Waals surface area contributed by atoms with E-state index in [-0.39, 0.29) is 11.2 Å². The number of benzene rings is 1. The van der Waals surface area contributed by atoms with E-state index in [4.69, 9.17) is 0 Å². The number of pyridine rings is 1. The molecule has 0 amide bonds. The maximum absolute atomic E-state index is 12.7. The standard InChI is InChI=1S/C24H24N6O2/c1-29-13-15(12-25-29)14-2-5-19(23(32)8-14)21-11-20-22(31)6-7-30(24(20)28-27-21)18-9-16-3-4-17(10-18)26-16/h2,5-8,11-13,16-18,26,32H,3-4,9-10H2,1H3. The van der Waals surface area contributed by atoms with Crippen molar-refractivity contribution in [3.05, 3.63) is 59.1 Å². The number of piperidine rings is 1. The summed E-state index contributed by atoms with van der Waals surface area (Å²) < 4.78 is 3.83. The molecule has 2 aliphatic rings. The predicted octanol–water partition coefficient (Wildman–Crippen LogP) is 3.02. The number of aryl methyl sites for hydroxylation is 1. The summed E-state index contributed by atoms with van der Waals surface area (Å²) in [5.41, 5.74) is 3.32. The van der Waals surface area contributed by atoms with E-state index >= 15 is 0 Å². The molecule has 0 radical (unpaired) electrons. The molecule has 2 unspecified atom stereocenters. The molecule has 4 aromatic rings. The Morgan fingerprint density at radius 1 is 1.06 bits per heavy atom. The van der Waals surface area contributed by atoms with Crippen molar-refractivity contribution in [1.29, 1.82) is 0 Å². The van der Waals surface area contributed by atoms with Crippen LogP contribution in [-0.4, -0.2) is 41.7 Å². The Morgan fingerprint density at radius 3 is 2.59 bits per heavy atom. The molecule has 162 valence electrons. The zero-order chi connectivity index (χ0) is 21.8. The van der Waals surface area contributed by atoms with E-state index in [2.05, 4.69) is 25.2 Å². The highest BCUT2D eigenvalue weighted by atomic mass is 16.3. The Bertz CT molecular complexity index is 1380. The van der Waals surface area contributed by atoms with E-state index in [0.29, 0.717) is 40.4 Å². The number of nitrogens with one attached hydrogen (secondary N) is 1. The molecule has 1 aromatic carbocycles. The van der Waals surface area contributed by atoms with Crippen molar-refractivity contribution in [2.24, 2.45) is 7.05 Å². The lowest BCUT2D eigenvalue weighted by Gasteiger charge is -2.31. The first-order valence-electron chi connectivity index (χ1n) is 11.0. The molecular formula is C24H24N6O2. The number of fused-ring (bicyclic) bond motifs is 3. The minimum absolute atomic E-state index is 0.0872. The molecule has 2 atom stereocenters. The molecule has 32 heavy (non-hydrogen) atoms. The fourth-order valence-electron chi connectivity index (χ4n) is 5.24. The maximum Gasteiger partial charge on any atom is 0.191 e. The number of aromatic hydroxyl groups is 1. The van der Waals surface area contributed by atoms with Gasteiger partial charge in [-0.05, 0) is 49.4 Å². The summed E-state index contributed by atoms with van der Waals surface area (Å²) in [4.78, 5) is 12.7. The van der Waals surface area contributed by atoms with Crippen LogP contribution in [0.2, 0.25) is 0 Å². The van der Waals surface area contributed by atoms with Gasteiger partial charge in [-0.15, -0.1) is 10.2 Å². The van der Waals surface area contributed by atoms with Crippen LogP contribution in [0.5, 0.6) is 5.75 Å². The van der Waals surface area contributed by atoms with Crippen LogP contribution in [0.3, 0.4) is 0 Å². The van der Waals surface area contributed by atoms with E-state index < -0.39 is 0 Å². The normalized spacial score (nSPS) is 22.5. The molecule has 2 N–H and O–H groups in total. The Balaban J connectivity index is 1.39. The average molecular weight is 428 g/mol. The van der Waals surface area contributed by atoms with Crippen LogP contribution in [0.25, 0.3) is 33.4 Å². The molecule has 2 bridgehead atoms. The summed E-state index contributed by atoms with van der Waals surface area (Å²) in [5, 5.41) is 27.9. The van der Waals surface area contributed by atoms with E-state index in [1.165, 1.54) is 12.8 Å². The average Bonchev–Trinajstić information content (AvgIpc) is 3.38. The Labute approximate surface area is 184 Å². The van der Waals surface area contributed by atoms with Crippen LogP contribution in [0.15, 0.2) is 53.7 Å². The lowest BCUT2D eigenvalue weighted by atomic mass is 9.99. The summed E-state index contributed by atoms with van der Waals surface area (Å²) >= 11 is 0. The quantitative estimate of drug-likeness (QED) is 0.521. The minimum atomic E-state index is -0.0872. The number of phenolic OH excluding ortho intramolecular Hbond substituents is 1. The molecule has 5 heterocycles. The SMILES string of the molecule is Cn1cc(-c2ccc(-c3cc4c(=O)ccn(C5CC6CCC(C5)N6)c4nn3)c(O)c2)cn1. The van der Waals surface area contributed by atoms with Gasteiger partial charge in [0.05, 0.1) is 17.3 Å². The fraction of sp³-hybridized carbons (Fsp3) is 0.333. The largest absolute Gasteiger partial charge is 0.507 e. The summed E-state index contributed by atoms with van der Waals surface area (Å²) in [6, 6.07) is 10.1. The third-order valence-corrected chi connectivity index (χ3v) is 6.82. The van der Waals surface area contributed by atoms with Gasteiger partial charge in [-0.25, -0.2) is 0 Å². The molecule has 8 nitrogen and oxygen atoms in total. The van der Waals surface area contributed by atoms with Gasteiger partial charge in [-0.2, -0.15) is 5.10 Å². The number of hydrogen-bond acceptors (Lipinski definition) is 6. The number of hydrogen-bond donors (Lipinski definition) is 2. The highest BCUT2D eigenvalue weighted by Crippen LogP contribution is 2.36. The van der Waals surface area contributed by atoms with E-state index in [1.54, 1.807) is 35.1 Å². The van der Waals surface area contributed by atoms with Gasteiger partial charge in [0.1, 0.15) is 5.75 Å². The zero-order valence-electron chi connectivity index (χ0n) is 17.8. The van der Waals surface area contributed by atoms with Gasteiger partial charge in [-0.1, -0.05) is 6.07 Å². The number of rotatable bonds is 3. The highest BCUT2D eigenvalue weighted by molar-refractivity contribution is 5.81. The molecule has 2 fully saturated rings. The van der Waals surface area contributed by atoms with Crippen LogP contribution in [0.1, 0.15) is 31.7 Å². The number of nitrogens with zero attached hydrogens (tertiary/aromatic N) is 5. The van der Waals surface area contributed by atoms with E-state index in [9.17, 15) is 9.90 Å². The van der Waals surface area contributed by atoms with Crippen LogP contribution in [0.4, 0.5) is 0 Å². The topological polar surface area (TPSA) is 97.9 Å². The van der Waals surface area contributed by atoms with E-state index in [1.807, 2.05) is 25.5 Å². The van der Waals surface area contributed by atoms with Gasteiger partial charge in [-0.3, -0.25) is 9.48 Å². The van der Waals surface area contributed by atoms with Crippen LogP contribution in [0, 0.1) is 0 Å². The predicted molar refractivity (Wildman–Crippen MR) is 121 cm³/mol. The molecule has 2 aliphatic heterocycles. The second-order valence-corrected chi connectivity index (χ2v) is 8.95. The highest BCUT2D eigenvalue weighted by Gasteiger charge is 2.34. The van der Waals surface area contributed by atoms with Crippen molar-refractivity contribution in [1.82, 2.24) is 29.9 Å². The molecule has 3 aromatic heterocycles. The van der Waals surface area contributed by atoms with Crippen LogP contribution >= 0.6 is 0 Å². The van der Waals surface area contributed by atoms with Crippen molar-refractivity contribution < 1.29 is 5.11 Å². The first kappa shape index (κ1) is 19.2. The summed E-state index contributed by atoms with van der Waals surface area (Å²) in [6.07, 6.45) is 9.99. The Kier molecular flexibility index (Phi) is 4.36. The maximum atomic E-state index is 12.7. The van der Waals surface area contributed by atoms with Gasteiger partial charge in [0.15, 0.2) is 11.1 Å². The molecular weight excluding hydrogens is 404 g/mol. The van der Waals surface area contributed by atoms with Gasteiger partial charge < -0.3 is 15.0 Å². The van der Waals surface area contributed by atoms with Crippen molar-refractivity contribution in [3.63, 3.8) is 0 Å². The molecule has 0 saturated carbocycles. The van der Waals surface area contributed by atoms with Crippen molar-refractivity contribution in [3.8, 4) is 28.1 Å². The first-order chi connectivity index (χ1) is 15.5. The second-order valence-electron chi connectivity index (χ2n) is 8.95. The monoisotopic (exact) mass is 428 g/mol. The first-order valence-corrected chi connectivity index (χ1v) is 11.0. The van der Waals surface area contributed by atoms with Crippen molar-refractivity contribution in [2.75, 3.05) is 0 Å². The smallest absolute Gasteiger partial charge is 0.191 e. The Morgan fingerprint density at radius 2 is 1.88 bits per heavy atom. The van der Waals surface area contributed by atoms with Gasteiger partial charge in [0.2, 0.25) is 0 Å². The van der Waals surface area contributed by atoms with Crippen molar-refractivity contribution in [2.45, 2.75) is 43.8 Å². The number of aromatic nitrogens is 5. The summed E-state index contributed by atoms with van der Waals surface area (Å²) in [7, 11) is 1.85. The Hall–Kier alpha value is -3.52. The summed E-state index contributed by atoms with van der Waals surface area (Å²) in [6.45, 7) is 0. The van der Waals surface area contributed by atoms with Crippen LogP contribution in [-0.2, 0) is 7.05 Å². The fourth-order valence-corrected chi connectivity index (χ4v) is 5.24. The third-order valence-electron chi connectivity index (χ3n) is 6.82. The van der Waals surface area contributed by atoms with Crippen molar-refractivity contribution >= 4 is 11.0 Å². The minimum Gasteiger partial charge on any atom is -0.507 e. The van der Waals surface area contributed by atoms with Crippen LogP contribution < -0.4 is 10.7 Å². The number of phenols is 1. The van der Waals surface area contributed by atoms with Gasteiger partial charge >= 0.3 is 0 Å². The molecule has 0 spiro atoms. The van der Waals surface area contributed by atoms with Gasteiger partial charge in [0, 0.05) is 54.8 Å². The zero-order valence-corrected chi connectivity index (χ0v) is 17.8. The molecule has 0 aliphatic carbocycles. The molecule has 6 rings (SSSR count). The molecule has 8 heteroatoms. The lowest BCUT2D eigenvalue weighted by molar-refractivity contribution is 0.302. The lowest BCUT2D eigenvalue weighted by Crippen LogP contribution is -2.39.